The zero-order valence-electron chi connectivity index (χ0n) is 11.6. The Hall–Kier alpha value is -1.81. The molecule has 102 valence electrons. The highest BCUT2D eigenvalue weighted by molar-refractivity contribution is 5.33. The fourth-order valence-corrected chi connectivity index (χ4v) is 2.01. The Morgan fingerprint density at radius 3 is 2.89 bits per heavy atom. The summed E-state index contributed by atoms with van der Waals surface area (Å²) >= 11 is 0. The van der Waals surface area contributed by atoms with Crippen molar-refractivity contribution in [1.29, 1.82) is 0 Å². The minimum atomic E-state index is 0.699. The molecule has 4 nitrogen and oxygen atoms in total. The largest absolute Gasteiger partial charge is 0.494 e. The van der Waals surface area contributed by atoms with E-state index < -0.39 is 0 Å². The molecule has 0 aliphatic carbocycles. The van der Waals surface area contributed by atoms with E-state index in [4.69, 9.17) is 4.74 Å². The Morgan fingerprint density at radius 2 is 2.16 bits per heavy atom. The number of aryl methyl sites for hydroxylation is 1. The first-order valence-electron chi connectivity index (χ1n) is 6.69. The summed E-state index contributed by atoms with van der Waals surface area (Å²) in [6.07, 6.45) is 4.74. The van der Waals surface area contributed by atoms with Gasteiger partial charge in [0.05, 0.1) is 6.61 Å². The van der Waals surface area contributed by atoms with Gasteiger partial charge in [0.25, 0.3) is 0 Å². The lowest BCUT2D eigenvalue weighted by atomic mass is 10.2. The molecule has 0 unspecified atom stereocenters. The SMILES string of the molecule is CCOc1ccccc1CNCCc1nccn1C. The second-order valence-electron chi connectivity index (χ2n) is 4.42. The van der Waals surface area contributed by atoms with Gasteiger partial charge in [0.2, 0.25) is 0 Å². The highest BCUT2D eigenvalue weighted by atomic mass is 16.5. The van der Waals surface area contributed by atoms with Gasteiger partial charge in [0.1, 0.15) is 11.6 Å². The van der Waals surface area contributed by atoms with Crippen molar-refractivity contribution in [2.75, 3.05) is 13.2 Å². The summed E-state index contributed by atoms with van der Waals surface area (Å²) in [5.74, 6) is 2.07. The number of nitrogens with zero attached hydrogens (tertiary/aromatic N) is 2. The van der Waals surface area contributed by atoms with Gasteiger partial charge in [-0.3, -0.25) is 0 Å². The van der Waals surface area contributed by atoms with E-state index in [1.165, 1.54) is 5.56 Å². The minimum absolute atomic E-state index is 0.699. The van der Waals surface area contributed by atoms with E-state index in [0.717, 1.165) is 31.1 Å². The number of hydrogen-bond acceptors (Lipinski definition) is 3. The van der Waals surface area contributed by atoms with Gasteiger partial charge >= 0.3 is 0 Å². The first kappa shape index (κ1) is 13.6. The van der Waals surface area contributed by atoms with Crippen molar-refractivity contribution in [3.05, 3.63) is 48.0 Å². The van der Waals surface area contributed by atoms with Crippen LogP contribution in [0, 0.1) is 0 Å². The van der Waals surface area contributed by atoms with Crippen LogP contribution in [-0.4, -0.2) is 22.7 Å². The third kappa shape index (κ3) is 3.83. The standard InChI is InChI=1S/C15H21N3O/c1-3-19-14-7-5-4-6-13(14)12-16-9-8-15-17-10-11-18(15)2/h4-7,10-11,16H,3,8-9,12H2,1-2H3. The molecule has 0 bridgehead atoms. The maximum Gasteiger partial charge on any atom is 0.123 e. The maximum atomic E-state index is 5.60. The molecule has 4 heteroatoms. The number of para-hydroxylation sites is 1. The fraction of sp³-hybridized carbons (Fsp3) is 0.400. The first-order valence-corrected chi connectivity index (χ1v) is 6.69. The molecule has 1 N–H and O–H groups in total. The van der Waals surface area contributed by atoms with Gasteiger partial charge in [-0.15, -0.1) is 0 Å². The van der Waals surface area contributed by atoms with Crippen LogP contribution in [-0.2, 0) is 20.0 Å². The van der Waals surface area contributed by atoms with Crippen LogP contribution in [0.15, 0.2) is 36.7 Å². The molecule has 0 fully saturated rings. The smallest absolute Gasteiger partial charge is 0.123 e. The molecule has 0 spiro atoms. The lowest BCUT2D eigenvalue weighted by Gasteiger charge is -2.10. The summed E-state index contributed by atoms with van der Waals surface area (Å²) in [5, 5.41) is 3.43. The monoisotopic (exact) mass is 259 g/mol. The van der Waals surface area contributed by atoms with Crippen molar-refractivity contribution < 1.29 is 4.74 Å². The second kappa shape index (κ2) is 6.95. The lowest BCUT2D eigenvalue weighted by molar-refractivity contribution is 0.335. The molecule has 0 aliphatic heterocycles. The van der Waals surface area contributed by atoms with Crippen LogP contribution in [0.4, 0.5) is 0 Å². The molecule has 0 aliphatic rings. The normalized spacial score (nSPS) is 10.6. The summed E-state index contributed by atoms with van der Waals surface area (Å²) in [6.45, 7) is 4.43. The average Bonchev–Trinajstić information content (AvgIpc) is 2.82. The number of imidazole rings is 1. The molecule has 2 aromatic rings. The number of aromatic nitrogens is 2. The van der Waals surface area contributed by atoms with Crippen LogP contribution >= 0.6 is 0 Å². The van der Waals surface area contributed by atoms with Gasteiger partial charge in [-0.05, 0) is 13.0 Å². The predicted octanol–water partition coefficient (Wildman–Crippen LogP) is 2.15. The minimum Gasteiger partial charge on any atom is -0.494 e. The van der Waals surface area contributed by atoms with Crippen molar-refractivity contribution in [3.63, 3.8) is 0 Å². The second-order valence-corrected chi connectivity index (χ2v) is 4.42. The maximum absolute atomic E-state index is 5.60. The van der Waals surface area contributed by atoms with Crippen LogP contribution in [0.1, 0.15) is 18.3 Å². The van der Waals surface area contributed by atoms with Crippen LogP contribution in [0.3, 0.4) is 0 Å². The third-order valence-corrected chi connectivity index (χ3v) is 3.03. The Labute approximate surface area is 114 Å². The van der Waals surface area contributed by atoms with Crippen LogP contribution in [0.5, 0.6) is 5.75 Å². The van der Waals surface area contributed by atoms with Gasteiger partial charge in [-0.25, -0.2) is 4.98 Å². The zero-order valence-corrected chi connectivity index (χ0v) is 11.6. The molecule has 0 radical (unpaired) electrons. The fourth-order valence-electron chi connectivity index (χ4n) is 2.01. The molecule has 1 aromatic heterocycles. The van der Waals surface area contributed by atoms with Crippen LogP contribution in [0.2, 0.25) is 0 Å². The van der Waals surface area contributed by atoms with E-state index in [2.05, 4.69) is 20.9 Å². The molecular formula is C15H21N3O. The van der Waals surface area contributed by atoms with Gasteiger partial charge < -0.3 is 14.6 Å². The summed E-state index contributed by atoms with van der Waals surface area (Å²) in [6, 6.07) is 8.15. The van der Waals surface area contributed by atoms with E-state index >= 15 is 0 Å². The molecule has 1 heterocycles. The first-order chi connectivity index (χ1) is 9.31. The lowest BCUT2D eigenvalue weighted by Crippen LogP contribution is -2.18. The summed E-state index contributed by atoms with van der Waals surface area (Å²) < 4.78 is 7.65. The average molecular weight is 259 g/mol. The highest BCUT2D eigenvalue weighted by Gasteiger charge is 2.02. The Morgan fingerprint density at radius 1 is 1.32 bits per heavy atom. The molecule has 0 atom stereocenters. The Kier molecular flexibility index (Phi) is 4.98. The number of nitrogens with one attached hydrogen (secondary N) is 1. The Bertz CT molecular complexity index is 508. The quantitative estimate of drug-likeness (QED) is 0.774. The van der Waals surface area contributed by atoms with Crippen LogP contribution in [0.25, 0.3) is 0 Å². The van der Waals surface area contributed by atoms with Crippen molar-refractivity contribution in [1.82, 2.24) is 14.9 Å². The molecule has 2 rings (SSSR count). The van der Waals surface area contributed by atoms with E-state index in [1.807, 2.05) is 44.6 Å². The van der Waals surface area contributed by atoms with Gasteiger partial charge in [-0.1, -0.05) is 18.2 Å². The summed E-state index contributed by atoms with van der Waals surface area (Å²) in [5.41, 5.74) is 1.20. The van der Waals surface area contributed by atoms with Crippen molar-refractivity contribution in [2.24, 2.45) is 7.05 Å². The van der Waals surface area contributed by atoms with E-state index in [0.29, 0.717) is 6.61 Å². The van der Waals surface area contributed by atoms with Crippen molar-refractivity contribution in [3.8, 4) is 5.75 Å². The molecule has 0 saturated carbocycles. The molecule has 0 saturated heterocycles. The molecule has 0 amide bonds. The number of rotatable bonds is 7. The van der Waals surface area contributed by atoms with Crippen molar-refractivity contribution in [2.45, 2.75) is 19.9 Å². The summed E-state index contributed by atoms with van der Waals surface area (Å²) in [4.78, 5) is 4.31. The van der Waals surface area contributed by atoms with Gasteiger partial charge in [0.15, 0.2) is 0 Å². The number of hydrogen-bond donors (Lipinski definition) is 1. The van der Waals surface area contributed by atoms with E-state index in [1.54, 1.807) is 0 Å². The van der Waals surface area contributed by atoms with Gasteiger partial charge in [0, 0.05) is 44.5 Å². The molecule has 1 aromatic carbocycles. The van der Waals surface area contributed by atoms with E-state index in [9.17, 15) is 0 Å². The van der Waals surface area contributed by atoms with E-state index in [-0.39, 0.29) is 0 Å². The molecule has 19 heavy (non-hydrogen) atoms. The number of benzene rings is 1. The number of ether oxygens (including phenoxy) is 1. The zero-order chi connectivity index (χ0) is 13.5. The third-order valence-electron chi connectivity index (χ3n) is 3.03. The Balaban J connectivity index is 1.81. The topological polar surface area (TPSA) is 39.1 Å². The van der Waals surface area contributed by atoms with Crippen molar-refractivity contribution >= 4 is 0 Å². The highest BCUT2D eigenvalue weighted by Crippen LogP contribution is 2.17. The molecular weight excluding hydrogens is 238 g/mol. The predicted molar refractivity (Wildman–Crippen MR) is 76.2 cm³/mol. The van der Waals surface area contributed by atoms with Crippen LogP contribution < -0.4 is 10.1 Å². The summed E-state index contributed by atoms with van der Waals surface area (Å²) in [7, 11) is 2.02. The van der Waals surface area contributed by atoms with Gasteiger partial charge in [-0.2, -0.15) is 0 Å².